The largest absolute Gasteiger partial charge is 0.382 e. The highest BCUT2D eigenvalue weighted by Gasteiger charge is 2.19. The minimum Gasteiger partial charge on any atom is -0.382 e. The molecule has 0 amide bonds. The molecule has 0 bridgehead atoms. The van der Waals surface area contributed by atoms with Crippen molar-refractivity contribution in [3.05, 3.63) is 0 Å². The molecule has 72 valence electrons. The van der Waals surface area contributed by atoms with E-state index in [-0.39, 0.29) is 0 Å². The minimum absolute atomic E-state index is 0.663. The second-order valence-electron chi connectivity index (χ2n) is 3.28. The minimum atomic E-state index is 0.663. The molecule has 0 saturated heterocycles. The lowest BCUT2D eigenvalue weighted by Crippen LogP contribution is -2.20. The molecule has 0 aromatic carbocycles. The predicted molar refractivity (Wildman–Crippen MR) is 48.0 cm³/mol. The van der Waals surface area contributed by atoms with Crippen molar-refractivity contribution in [2.45, 2.75) is 19.3 Å². The number of methoxy groups -OCH3 is 1. The van der Waals surface area contributed by atoms with Gasteiger partial charge in [0.2, 0.25) is 0 Å². The standard InChI is InChI=1S/C9H19NO2/c1-11-6-7-12-8-10-5-4-9-2-3-9/h9-10H,2-8H2,1H3. The first-order valence-electron chi connectivity index (χ1n) is 4.71. The molecular formula is C9H19NO2. The van der Waals surface area contributed by atoms with Crippen molar-refractivity contribution >= 4 is 0 Å². The van der Waals surface area contributed by atoms with E-state index in [0.717, 1.165) is 12.5 Å². The Balaban J connectivity index is 1.65. The van der Waals surface area contributed by atoms with Crippen LogP contribution in [0.1, 0.15) is 19.3 Å². The van der Waals surface area contributed by atoms with Gasteiger partial charge in [-0.2, -0.15) is 0 Å². The first-order valence-corrected chi connectivity index (χ1v) is 4.71. The van der Waals surface area contributed by atoms with E-state index in [1.165, 1.54) is 19.3 Å². The lowest BCUT2D eigenvalue weighted by Gasteiger charge is -2.04. The van der Waals surface area contributed by atoms with Crippen molar-refractivity contribution < 1.29 is 9.47 Å². The summed E-state index contributed by atoms with van der Waals surface area (Å²) in [5.41, 5.74) is 0. The van der Waals surface area contributed by atoms with Gasteiger partial charge in [0, 0.05) is 7.11 Å². The first-order chi connectivity index (χ1) is 5.93. The average molecular weight is 173 g/mol. The van der Waals surface area contributed by atoms with Crippen molar-refractivity contribution in [3.8, 4) is 0 Å². The van der Waals surface area contributed by atoms with Crippen molar-refractivity contribution in [3.63, 3.8) is 0 Å². The molecule has 0 aromatic heterocycles. The van der Waals surface area contributed by atoms with Gasteiger partial charge in [0.15, 0.2) is 0 Å². The van der Waals surface area contributed by atoms with Gasteiger partial charge < -0.3 is 9.47 Å². The van der Waals surface area contributed by atoms with Gasteiger partial charge in [-0.15, -0.1) is 0 Å². The second-order valence-corrected chi connectivity index (χ2v) is 3.28. The molecule has 0 aromatic rings. The molecule has 1 fully saturated rings. The fourth-order valence-electron chi connectivity index (χ4n) is 1.07. The maximum atomic E-state index is 5.24. The van der Waals surface area contributed by atoms with Crippen LogP contribution in [-0.4, -0.2) is 33.6 Å². The second kappa shape index (κ2) is 6.40. The highest BCUT2D eigenvalue weighted by molar-refractivity contribution is 4.73. The molecule has 0 radical (unpaired) electrons. The fraction of sp³-hybridized carbons (Fsp3) is 1.00. The number of rotatable bonds is 8. The van der Waals surface area contributed by atoms with E-state index in [0.29, 0.717) is 19.9 Å². The summed E-state index contributed by atoms with van der Waals surface area (Å²) in [4.78, 5) is 0. The molecule has 1 saturated carbocycles. The molecule has 0 heterocycles. The van der Waals surface area contributed by atoms with Gasteiger partial charge >= 0.3 is 0 Å². The highest BCUT2D eigenvalue weighted by atomic mass is 16.5. The van der Waals surface area contributed by atoms with E-state index in [9.17, 15) is 0 Å². The van der Waals surface area contributed by atoms with Crippen LogP contribution in [0.15, 0.2) is 0 Å². The van der Waals surface area contributed by atoms with Crippen LogP contribution in [0.5, 0.6) is 0 Å². The van der Waals surface area contributed by atoms with Crippen molar-refractivity contribution in [1.82, 2.24) is 5.32 Å². The van der Waals surface area contributed by atoms with Crippen LogP contribution < -0.4 is 5.32 Å². The van der Waals surface area contributed by atoms with Gasteiger partial charge in [0.25, 0.3) is 0 Å². The molecule has 1 N–H and O–H groups in total. The van der Waals surface area contributed by atoms with Crippen LogP contribution in [0.4, 0.5) is 0 Å². The summed E-state index contributed by atoms with van der Waals surface area (Å²) in [7, 11) is 1.68. The number of ether oxygens (including phenoxy) is 2. The van der Waals surface area contributed by atoms with Gasteiger partial charge in [-0.05, 0) is 18.9 Å². The van der Waals surface area contributed by atoms with Crippen molar-refractivity contribution in [2.75, 3.05) is 33.6 Å². The first kappa shape index (κ1) is 9.96. The van der Waals surface area contributed by atoms with E-state index < -0.39 is 0 Å². The molecule has 0 spiro atoms. The summed E-state index contributed by atoms with van der Waals surface area (Å²) in [6.07, 6.45) is 4.19. The van der Waals surface area contributed by atoms with Crippen LogP contribution in [0, 0.1) is 5.92 Å². The smallest absolute Gasteiger partial charge is 0.0966 e. The van der Waals surface area contributed by atoms with E-state index in [1.54, 1.807) is 7.11 Å². The fourth-order valence-corrected chi connectivity index (χ4v) is 1.07. The van der Waals surface area contributed by atoms with Gasteiger partial charge in [0.1, 0.15) is 0 Å². The Bertz CT molecular complexity index is 105. The zero-order valence-electron chi connectivity index (χ0n) is 7.84. The summed E-state index contributed by atoms with van der Waals surface area (Å²) in [5, 5.41) is 3.24. The third-order valence-corrected chi connectivity index (χ3v) is 2.06. The van der Waals surface area contributed by atoms with Gasteiger partial charge in [-0.1, -0.05) is 12.8 Å². The molecule has 0 unspecified atom stereocenters. The molecule has 0 atom stereocenters. The Hall–Kier alpha value is -0.120. The van der Waals surface area contributed by atoms with Crippen molar-refractivity contribution in [2.24, 2.45) is 5.92 Å². The lowest BCUT2D eigenvalue weighted by atomic mass is 10.3. The van der Waals surface area contributed by atoms with Gasteiger partial charge in [-0.3, -0.25) is 5.32 Å². The molecule has 3 nitrogen and oxygen atoms in total. The normalized spacial score (nSPS) is 16.8. The van der Waals surface area contributed by atoms with Gasteiger partial charge in [0.05, 0.1) is 19.9 Å². The molecule has 1 aliphatic rings. The monoisotopic (exact) mass is 173 g/mol. The Kier molecular flexibility index (Phi) is 5.32. The van der Waals surface area contributed by atoms with E-state index >= 15 is 0 Å². The van der Waals surface area contributed by atoms with Crippen LogP contribution in [0.25, 0.3) is 0 Å². The Morgan fingerprint density at radius 1 is 1.33 bits per heavy atom. The zero-order chi connectivity index (χ0) is 8.65. The van der Waals surface area contributed by atoms with Crippen LogP contribution in [0.3, 0.4) is 0 Å². The third kappa shape index (κ3) is 5.52. The van der Waals surface area contributed by atoms with E-state index in [4.69, 9.17) is 9.47 Å². The van der Waals surface area contributed by atoms with E-state index in [1.807, 2.05) is 0 Å². The van der Waals surface area contributed by atoms with Crippen molar-refractivity contribution in [1.29, 1.82) is 0 Å². The Labute approximate surface area is 74.4 Å². The molecule has 1 rings (SSSR count). The quantitative estimate of drug-likeness (QED) is 0.439. The Morgan fingerprint density at radius 3 is 2.83 bits per heavy atom. The summed E-state index contributed by atoms with van der Waals surface area (Å²) in [5.74, 6) is 1.01. The Morgan fingerprint density at radius 2 is 2.17 bits per heavy atom. The number of nitrogens with one attached hydrogen (secondary N) is 1. The van der Waals surface area contributed by atoms with Gasteiger partial charge in [-0.25, -0.2) is 0 Å². The summed E-state index contributed by atoms with van der Waals surface area (Å²) in [6, 6.07) is 0. The highest BCUT2D eigenvalue weighted by Crippen LogP contribution is 2.31. The SMILES string of the molecule is COCCOCNCCC1CC1. The lowest BCUT2D eigenvalue weighted by molar-refractivity contribution is 0.0608. The summed E-state index contributed by atoms with van der Waals surface area (Å²) >= 11 is 0. The average Bonchev–Trinajstić information content (AvgIpc) is 2.87. The molecule has 12 heavy (non-hydrogen) atoms. The third-order valence-electron chi connectivity index (χ3n) is 2.06. The predicted octanol–water partition coefficient (Wildman–Crippen LogP) is 0.997. The maximum Gasteiger partial charge on any atom is 0.0966 e. The van der Waals surface area contributed by atoms with Crippen LogP contribution in [0.2, 0.25) is 0 Å². The summed E-state index contributed by atoms with van der Waals surface area (Å²) < 4.78 is 10.1. The molecular weight excluding hydrogens is 154 g/mol. The molecule has 0 aliphatic heterocycles. The topological polar surface area (TPSA) is 30.5 Å². The van der Waals surface area contributed by atoms with Crippen LogP contribution >= 0.6 is 0 Å². The zero-order valence-corrected chi connectivity index (χ0v) is 7.84. The number of hydrogen-bond acceptors (Lipinski definition) is 3. The molecule has 3 heteroatoms. The number of hydrogen-bond donors (Lipinski definition) is 1. The van der Waals surface area contributed by atoms with Crippen LogP contribution in [-0.2, 0) is 9.47 Å². The summed E-state index contributed by atoms with van der Waals surface area (Å²) in [6.45, 7) is 3.13. The molecule has 1 aliphatic carbocycles. The maximum absolute atomic E-state index is 5.24. The van der Waals surface area contributed by atoms with E-state index in [2.05, 4.69) is 5.32 Å².